The largest absolute Gasteiger partial charge is 0.265 e. The van der Waals surface area contributed by atoms with E-state index in [1.54, 1.807) is 98.4 Å². The third-order valence-corrected chi connectivity index (χ3v) is 20.4. The van der Waals surface area contributed by atoms with Crippen molar-refractivity contribution in [1.29, 1.82) is 0 Å². The molecule has 3 N–H and O–H groups in total. The van der Waals surface area contributed by atoms with Crippen molar-refractivity contribution in [2.45, 2.75) is 83.1 Å². The van der Waals surface area contributed by atoms with E-state index in [2.05, 4.69) is 189 Å². The molecule has 2 aliphatic heterocycles. The minimum absolute atomic E-state index is 0.0509. The van der Waals surface area contributed by atoms with Crippen molar-refractivity contribution in [2.24, 2.45) is 0 Å². The summed E-state index contributed by atoms with van der Waals surface area (Å²) in [6.45, 7) is 39.3. The zero-order valence-electron chi connectivity index (χ0n) is 69.3. The molecule has 0 amide bonds. The smallest absolute Gasteiger partial charge is 0.0267 e. The van der Waals surface area contributed by atoms with Gasteiger partial charge in [-0.25, -0.2) is 0 Å². The second kappa shape index (κ2) is 59.3. The van der Waals surface area contributed by atoms with E-state index in [9.17, 15) is 0 Å². The Morgan fingerprint density at radius 1 is 0.299 bits per heavy atom. The van der Waals surface area contributed by atoms with E-state index >= 15 is 0 Å². The second-order valence-corrected chi connectivity index (χ2v) is 38.0. The molecule has 2 saturated heterocycles. The number of aryl methyl sites for hydroxylation is 12. The second-order valence-electron chi connectivity index (χ2n) is 26.6. The normalized spacial score (nSPS) is 11.8. The summed E-state index contributed by atoms with van der Waals surface area (Å²) in [5.74, 6) is 2.34. The Bertz CT molecular complexity index is 3940. The quantitative estimate of drug-likeness (QED) is 0.0293. The van der Waals surface area contributed by atoms with Crippen molar-refractivity contribution in [3.8, 4) is 17.2 Å². The summed E-state index contributed by atoms with van der Waals surface area (Å²) in [5, 5.41) is 25.2. The van der Waals surface area contributed by atoms with Crippen LogP contribution in [0.25, 0.3) is 0 Å². The third kappa shape index (κ3) is 41.2. The number of aromatic nitrogens is 5. The Hall–Kier alpha value is -8.42. The fourth-order valence-corrected chi connectivity index (χ4v) is 16.1. The van der Waals surface area contributed by atoms with Gasteiger partial charge in [-0.15, -0.1) is 0 Å². The zero-order valence-corrected chi connectivity index (χ0v) is 75.8. The maximum absolute atomic E-state index is 8.41. The van der Waals surface area contributed by atoms with Crippen LogP contribution in [0.4, 0.5) is 22.7 Å². The van der Waals surface area contributed by atoms with Crippen LogP contribution < -0.4 is 33.8 Å². The molecule has 7 heterocycles. The van der Waals surface area contributed by atoms with Crippen molar-refractivity contribution >= 4 is 70.7 Å². The number of hydrogen-bond donors (Lipinski definition) is 3. The Morgan fingerprint density at radius 3 is 0.701 bits per heavy atom. The maximum atomic E-state index is 8.41. The SMILES string of the molecule is Cc1cc(C)c(N2[CH-]N(c3c(C)cc(C)cc3C)CC2)c(C)c1.Cc1cc(C)c(N2[CH-]N(c3c(C)cc(C)cc3C)CC2)c(C)c1.OCCOCCOc1ccncc1.OCCOCCOc1ccncc1.OCCOCCOc1ccncc1.[Cl][Ru]([Cl])=[CH]c1ccccc1.[Cl][Ru]([Cl])=[CH]c1ccccc1.c1ccncc1.c1ccncc1. The van der Waals surface area contributed by atoms with Gasteiger partial charge < -0.3 is 63.3 Å². The van der Waals surface area contributed by atoms with Gasteiger partial charge in [-0.05, 0) is 188 Å². The van der Waals surface area contributed by atoms with Gasteiger partial charge in [0.1, 0.15) is 37.1 Å². The molecule has 11 aromatic rings. The molecule has 632 valence electrons. The van der Waals surface area contributed by atoms with E-state index in [0.29, 0.717) is 59.5 Å². The van der Waals surface area contributed by atoms with E-state index in [1.807, 2.05) is 106 Å². The van der Waals surface area contributed by atoms with Crippen LogP contribution in [0.15, 0.2) is 244 Å². The summed E-state index contributed by atoms with van der Waals surface area (Å²) in [4.78, 5) is 28.8. The van der Waals surface area contributed by atoms with Gasteiger partial charge in [-0.3, -0.25) is 24.9 Å². The minimum Gasteiger partial charge on any atom is -0.265 e. The van der Waals surface area contributed by atoms with Gasteiger partial charge in [0.2, 0.25) is 0 Å². The number of hydrogen-bond acceptors (Lipinski definition) is 18. The molecular weight excluding hydrogens is 1730 g/mol. The van der Waals surface area contributed by atoms with Crippen LogP contribution in [0.3, 0.4) is 0 Å². The summed E-state index contributed by atoms with van der Waals surface area (Å²) in [6.07, 6.45) is 17.0. The van der Waals surface area contributed by atoms with Crippen LogP contribution in [-0.4, -0.2) is 155 Å². The first kappa shape index (κ1) is 99.1. The number of nitrogens with zero attached hydrogens (tertiary/aromatic N) is 9. The topological polar surface area (TPSA) is 193 Å². The summed E-state index contributed by atoms with van der Waals surface area (Å²) in [7, 11) is 22.7. The Balaban J connectivity index is 0.000000242. The molecule has 24 heteroatoms. The number of rotatable bonds is 24. The van der Waals surface area contributed by atoms with Gasteiger partial charge in [0.05, 0.1) is 59.5 Å². The third-order valence-electron chi connectivity index (χ3n) is 16.7. The first-order valence-corrected chi connectivity index (χ1v) is 49.3. The van der Waals surface area contributed by atoms with Gasteiger partial charge in [0.15, 0.2) is 0 Å². The standard InChI is InChI=1S/2C21H27N2.3C9H13NO3.2C7H6.2C5H5N.4ClH.2Ru/c2*1-14-9-16(3)20(17(4)10-14)22-7-8-23(13-22)21-18(5)11-15(2)12-19(21)6;3*11-5-6-12-7-8-13-9-1-3-10-4-2-9;2*1-7-5-3-2-4-6-7;2*1-2-4-6-5-3-1;;;;;;/h2*9-13H,7-8H2,1-6H3;3*1-4,11H,5-8H2;2*1-6H;2*1-5H;4*1H;;/q2*-1;;;;;;;;;;;;2*+2/p-4. The maximum Gasteiger partial charge on any atom is 0.0267 e. The number of ether oxygens (including phenoxy) is 6. The van der Waals surface area contributed by atoms with E-state index in [4.69, 9.17) is 82.5 Å². The number of aliphatic hydroxyl groups is 3. The minimum atomic E-state index is -1.61. The van der Waals surface area contributed by atoms with Crippen molar-refractivity contribution in [3.05, 3.63) is 335 Å². The fraction of sp³-hybridized carbons (Fsp3) is 0.301. The number of pyridine rings is 5. The Morgan fingerprint density at radius 2 is 0.513 bits per heavy atom. The summed E-state index contributed by atoms with van der Waals surface area (Å²) in [6, 6.07) is 60.1. The molecule has 6 aromatic carbocycles. The number of anilines is 4. The van der Waals surface area contributed by atoms with E-state index in [1.165, 1.54) is 89.5 Å². The van der Waals surface area contributed by atoms with Crippen LogP contribution >= 0.6 is 38.8 Å². The molecule has 13 rings (SSSR count). The first-order chi connectivity index (χ1) is 56.6. The van der Waals surface area contributed by atoms with Gasteiger partial charge >= 0.3 is 147 Å². The van der Waals surface area contributed by atoms with Crippen molar-refractivity contribution in [1.82, 2.24) is 24.9 Å². The Kier molecular flexibility index (Phi) is 50.2. The van der Waals surface area contributed by atoms with E-state index < -0.39 is 27.0 Å². The van der Waals surface area contributed by atoms with Crippen LogP contribution in [0.2, 0.25) is 0 Å². The van der Waals surface area contributed by atoms with E-state index in [0.717, 1.165) is 54.6 Å². The predicted octanol–water partition coefficient (Wildman–Crippen LogP) is 19.1. The molecule has 0 atom stereocenters. The average molecular weight is 1850 g/mol. The average Bonchev–Trinajstić information content (AvgIpc) is 1.77. The van der Waals surface area contributed by atoms with Crippen LogP contribution in [-0.2, 0) is 41.2 Å². The number of halogens is 4. The number of benzene rings is 6. The molecule has 18 nitrogen and oxygen atoms in total. The van der Waals surface area contributed by atoms with Crippen molar-refractivity contribution < 1.29 is 70.8 Å². The van der Waals surface area contributed by atoms with Gasteiger partial charge in [0.25, 0.3) is 0 Å². The van der Waals surface area contributed by atoms with Crippen LogP contribution in [0, 0.1) is 96.4 Å². The van der Waals surface area contributed by atoms with Crippen LogP contribution in [0.1, 0.15) is 77.9 Å². The molecule has 0 aliphatic carbocycles. The molecular formula is C93H115Cl4N9O9Ru2-2. The molecule has 5 aromatic heterocycles. The zero-order chi connectivity index (χ0) is 84.8. The molecule has 0 unspecified atom stereocenters. The molecule has 0 bridgehead atoms. The number of aliphatic hydroxyl groups excluding tert-OH is 3. The fourth-order valence-electron chi connectivity index (χ4n) is 12.5. The van der Waals surface area contributed by atoms with Crippen molar-refractivity contribution in [3.63, 3.8) is 0 Å². The molecule has 2 aliphatic rings. The van der Waals surface area contributed by atoms with Gasteiger partial charge in [-0.1, -0.05) is 82.9 Å². The first-order valence-electron chi connectivity index (χ1n) is 38.3. The molecule has 0 spiro atoms. The predicted molar refractivity (Wildman–Crippen MR) is 479 cm³/mol. The van der Waals surface area contributed by atoms with E-state index in [-0.39, 0.29) is 19.8 Å². The van der Waals surface area contributed by atoms with Gasteiger partial charge in [0, 0.05) is 111 Å². The van der Waals surface area contributed by atoms with Crippen LogP contribution in [0.5, 0.6) is 17.2 Å². The monoisotopic (exact) mass is 1850 g/mol. The summed E-state index contributed by atoms with van der Waals surface area (Å²) in [5.41, 5.74) is 23.9. The van der Waals surface area contributed by atoms with Crippen molar-refractivity contribution in [2.75, 3.05) is 125 Å². The summed E-state index contributed by atoms with van der Waals surface area (Å²) >= 11 is -3.23. The molecule has 2 fully saturated rings. The van der Waals surface area contributed by atoms with Gasteiger partial charge in [-0.2, -0.15) is 13.3 Å². The molecule has 0 radical (unpaired) electrons. The molecule has 117 heavy (non-hydrogen) atoms. The Labute approximate surface area is 721 Å². The molecule has 0 saturated carbocycles. The summed E-state index contributed by atoms with van der Waals surface area (Å²) < 4.78 is 34.8.